The minimum absolute atomic E-state index is 0.183. The molecule has 0 unspecified atom stereocenters. The Labute approximate surface area is 166 Å². The lowest BCUT2D eigenvalue weighted by Crippen LogP contribution is -2.36. The van der Waals surface area contributed by atoms with Crippen LogP contribution < -0.4 is 5.32 Å². The van der Waals surface area contributed by atoms with Gasteiger partial charge in [-0.2, -0.15) is 0 Å². The number of carbonyl (C=O) groups is 1. The zero-order valence-electron chi connectivity index (χ0n) is 14.2. The Morgan fingerprint density at radius 1 is 1.31 bits per heavy atom. The second-order valence-corrected chi connectivity index (χ2v) is 7.51. The largest absolute Gasteiger partial charge is 0.379 e. The SMILES string of the molecule is Cn1c(CN2CCOCC2)nnc1SCC(=O)Nc1cccc(Cl)c1Cl. The van der Waals surface area contributed by atoms with Crippen LogP contribution in [0.25, 0.3) is 0 Å². The van der Waals surface area contributed by atoms with Crippen LogP contribution in [0.5, 0.6) is 0 Å². The lowest BCUT2D eigenvalue weighted by molar-refractivity contribution is -0.113. The highest BCUT2D eigenvalue weighted by molar-refractivity contribution is 7.99. The van der Waals surface area contributed by atoms with Gasteiger partial charge in [-0.3, -0.25) is 9.69 Å². The summed E-state index contributed by atoms with van der Waals surface area (Å²) in [5.41, 5.74) is 0.496. The number of hydrogen-bond donors (Lipinski definition) is 1. The number of nitrogens with zero attached hydrogens (tertiary/aromatic N) is 4. The van der Waals surface area contributed by atoms with E-state index in [9.17, 15) is 4.79 Å². The minimum atomic E-state index is -0.183. The van der Waals surface area contributed by atoms with Crippen molar-refractivity contribution in [2.75, 3.05) is 37.4 Å². The number of carbonyl (C=O) groups excluding carboxylic acids is 1. The first-order valence-corrected chi connectivity index (χ1v) is 9.84. The van der Waals surface area contributed by atoms with Crippen molar-refractivity contribution >= 4 is 46.6 Å². The van der Waals surface area contributed by atoms with Gasteiger partial charge in [-0.05, 0) is 12.1 Å². The van der Waals surface area contributed by atoms with Crippen LogP contribution in [-0.2, 0) is 23.1 Å². The summed E-state index contributed by atoms with van der Waals surface area (Å²) in [6.07, 6.45) is 0. The molecule has 140 valence electrons. The van der Waals surface area contributed by atoms with Gasteiger partial charge >= 0.3 is 0 Å². The smallest absolute Gasteiger partial charge is 0.234 e. The van der Waals surface area contributed by atoms with Gasteiger partial charge in [-0.15, -0.1) is 10.2 Å². The van der Waals surface area contributed by atoms with E-state index in [0.29, 0.717) is 20.9 Å². The highest BCUT2D eigenvalue weighted by atomic mass is 35.5. The maximum Gasteiger partial charge on any atom is 0.234 e. The van der Waals surface area contributed by atoms with E-state index in [1.165, 1.54) is 11.8 Å². The second kappa shape index (κ2) is 9.05. The molecule has 1 saturated heterocycles. The first-order chi connectivity index (χ1) is 12.5. The van der Waals surface area contributed by atoms with Gasteiger partial charge in [0.1, 0.15) is 5.82 Å². The zero-order valence-corrected chi connectivity index (χ0v) is 16.6. The molecule has 1 amide bonds. The van der Waals surface area contributed by atoms with Crippen molar-refractivity contribution in [3.05, 3.63) is 34.1 Å². The molecule has 3 rings (SSSR count). The van der Waals surface area contributed by atoms with Gasteiger partial charge in [0.2, 0.25) is 5.91 Å². The molecule has 0 aliphatic carbocycles. The molecule has 26 heavy (non-hydrogen) atoms. The average molecular weight is 416 g/mol. The van der Waals surface area contributed by atoms with Crippen LogP contribution in [0.15, 0.2) is 23.4 Å². The molecular formula is C16H19Cl2N5O2S. The van der Waals surface area contributed by atoms with Gasteiger partial charge in [0, 0.05) is 20.1 Å². The van der Waals surface area contributed by atoms with E-state index in [-0.39, 0.29) is 11.7 Å². The quantitative estimate of drug-likeness (QED) is 0.731. The first-order valence-electron chi connectivity index (χ1n) is 8.09. The third-order valence-corrected chi connectivity index (χ3v) is 5.79. The summed E-state index contributed by atoms with van der Waals surface area (Å²) < 4.78 is 7.27. The fraction of sp³-hybridized carbons (Fsp3) is 0.438. The molecule has 1 N–H and O–H groups in total. The third-order valence-electron chi connectivity index (χ3n) is 3.95. The number of morpholine rings is 1. The lowest BCUT2D eigenvalue weighted by Gasteiger charge is -2.25. The van der Waals surface area contributed by atoms with Crippen molar-refractivity contribution < 1.29 is 9.53 Å². The van der Waals surface area contributed by atoms with Crippen LogP contribution in [0.3, 0.4) is 0 Å². The Balaban J connectivity index is 1.54. The summed E-state index contributed by atoms with van der Waals surface area (Å²) in [6, 6.07) is 5.11. The van der Waals surface area contributed by atoms with Crippen LogP contribution in [0.2, 0.25) is 10.0 Å². The molecule has 10 heteroatoms. The van der Waals surface area contributed by atoms with Crippen LogP contribution in [-0.4, -0.2) is 57.6 Å². The molecule has 1 aliphatic heterocycles. The number of ether oxygens (including phenoxy) is 1. The topological polar surface area (TPSA) is 72.3 Å². The minimum Gasteiger partial charge on any atom is -0.379 e. The number of thioether (sulfide) groups is 1. The Bertz CT molecular complexity index is 780. The molecule has 0 spiro atoms. The number of rotatable bonds is 6. The molecule has 0 radical (unpaired) electrons. The van der Waals surface area contributed by atoms with E-state index >= 15 is 0 Å². The molecule has 2 aromatic rings. The Morgan fingerprint density at radius 2 is 2.08 bits per heavy atom. The highest BCUT2D eigenvalue weighted by Crippen LogP contribution is 2.29. The number of nitrogens with one attached hydrogen (secondary N) is 1. The van der Waals surface area contributed by atoms with Crippen molar-refractivity contribution in [1.82, 2.24) is 19.7 Å². The number of halogens is 2. The molecule has 2 heterocycles. The van der Waals surface area contributed by atoms with E-state index in [1.54, 1.807) is 18.2 Å². The predicted molar refractivity (Wildman–Crippen MR) is 103 cm³/mol. The molecule has 1 fully saturated rings. The van der Waals surface area contributed by atoms with Crippen LogP contribution in [0.1, 0.15) is 5.82 Å². The van der Waals surface area contributed by atoms with Crippen molar-refractivity contribution in [1.29, 1.82) is 0 Å². The van der Waals surface area contributed by atoms with Gasteiger partial charge < -0.3 is 14.6 Å². The number of hydrogen-bond acceptors (Lipinski definition) is 6. The molecule has 7 nitrogen and oxygen atoms in total. The Hall–Kier alpha value is -1.32. The Morgan fingerprint density at radius 3 is 2.85 bits per heavy atom. The van der Waals surface area contributed by atoms with E-state index in [4.69, 9.17) is 27.9 Å². The molecule has 0 bridgehead atoms. The summed E-state index contributed by atoms with van der Waals surface area (Å²) in [7, 11) is 1.91. The van der Waals surface area contributed by atoms with Gasteiger partial charge in [0.05, 0.1) is 41.2 Å². The van der Waals surface area contributed by atoms with E-state index in [1.807, 2.05) is 11.6 Å². The molecule has 0 atom stereocenters. The van der Waals surface area contributed by atoms with Crippen molar-refractivity contribution in [3.8, 4) is 0 Å². The number of amides is 1. The standard InChI is InChI=1S/C16H19Cl2N5O2S/c1-22-13(9-23-5-7-25-8-6-23)20-21-16(22)26-10-14(24)19-12-4-2-3-11(17)15(12)18/h2-4H,5-10H2,1H3,(H,19,24). The Kier molecular flexibility index (Phi) is 6.77. The maximum absolute atomic E-state index is 12.2. The zero-order chi connectivity index (χ0) is 18.5. The average Bonchev–Trinajstić information content (AvgIpc) is 2.98. The van der Waals surface area contributed by atoms with E-state index in [0.717, 1.165) is 38.7 Å². The molecule has 1 aromatic heterocycles. The van der Waals surface area contributed by atoms with Crippen LogP contribution >= 0.6 is 35.0 Å². The normalized spacial score (nSPS) is 15.2. The molecule has 1 aromatic carbocycles. The van der Waals surface area contributed by atoms with Crippen molar-refractivity contribution in [3.63, 3.8) is 0 Å². The van der Waals surface area contributed by atoms with Gasteiger partial charge in [-0.1, -0.05) is 41.0 Å². The summed E-state index contributed by atoms with van der Waals surface area (Å²) in [5.74, 6) is 0.886. The van der Waals surface area contributed by atoms with Crippen molar-refractivity contribution in [2.24, 2.45) is 7.05 Å². The fourth-order valence-corrected chi connectivity index (χ4v) is 3.56. The van der Waals surface area contributed by atoms with E-state index in [2.05, 4.69) is 20.4 Å². The monoisotopic (exact) mass is 415 g/mol. The van der Waals surface area contributed by atoms with Gasteiger partial charge in [0.25, 0.3) is 0 Å². The molecule has 1 aliphatic rings. The number of benzene rings is 1. The number of anilines is 1. The van der Waals surface area contributed by atoms with Crippen LogP contribution in [0.4, 0.5) is 5.69 Å². The summed E-state index contributed by atoms with van der Waals surface area (Å²) in [4.78, 5) is 14.4. The first kappa shape index (κ1) is 19.4. The van der Waals surface area contributed by atoms with Gasteiger partial charge in [0.15, 0.2) is 5.16 Å². The fourth-order valence-electron chi connectivity index (χ4n) is 2.48. The predicted octanol–water partition coefficient (Wildman–Crippen LogP) is 2.68. The number of aromatic nitrogens is 3. The third kappa shape index (κ3) is 4.89. The van der Waals surface area contributed by atoms with Crippen molar-refractivity contribution in [2.45, 2.75) is 11.7 Å². The summed E-state index contributed by atoms with van der Waals surface area (Å²) in [5, 5.41) is 12.6. The highest BCUT2D eigenvalue weighted by Gasteiger charge is 2.17. The molecule has 0 saturated carbocycles. The second-order valence-electron chi connectivity index (χ2n) is 5.78. The summed E-state index contributed by atoms with van der Waals surface area (Å²) >= 11 is 13.4. The maximum atomic E-state index is 12.2. The lowest BCUT2D eigenvalue weighted by atomic mass is 10.3. The van der Waals surface area contributed by atoms with Crippen LogP contribution in [0, 0.1) is 0 Å². The summed E-state index contributed by atoms with van der Waals surface area (Å²) in [6.45, 7) is 3.98. The van der Waals surface area contributed by atoms with Gasteiger partial charge in [-0.25, -0.2) is 0 Å². The van der Waals surface area contributed by atoms with E-state index < -0.39 is 0 Å². The molecular weight excluding hydrogens is 397 g/mol.